The van der Waals surface area contributed by atoms with Crippen LogP contribution in [0.5, 0.6) is 0 Å². The van der Waals surface area contributed by atoms with Crippen LogP contribution in [0.4, 0.5) is 11.4 Å². The Hall–Kier alpha value is -3.07. The molecule has 0 saturated carbocycles. The van der Waals surface area contributed by atoms with E-state index in [-0.39, 0.29) is 16.3 Å². The maximum absolute atomic E-state index is 11.5. The van der Waals surface area contributed by atoms with Gasteiger partial charge >= 0.3 is 5.97 Å². The molecule has 0 saturated heterocycles. The van der Waals surface area contributed by atoms with Crippen molar-refractivity contribution in [1.82, 2.24) is 0 Å². The first-order valence-corrected chi connectivity index (χ1v) is 9.94. The van der Waals surface area contributed by atoms with Gasteiger partial charge in [0, 0.05) is 21.5 Å². The molecule has 0 bridgehead atoms. The van der Waals surface area contributed by atoms with E-state index in [9.17, 15) is 14.9 Å². The van der Waals surface area contributed by atoms with Crippen LogP contribution in [0.1, 0.15) is 15.9 Å². The van der Waals surface area contributed by atoms with Crippen molar-refractivity contribution < 1.29 is 14.8 Å². The lowest BCUT2D eigenvalue weighted by atomic mass is 10.2. The zero-order valence-electron chi connectivity index (χ0n) is 15.1. The van der Waals surface area contributed by atoms with Crippen molar-refractivity contribution in [1.29, 1.82) is 0 Å². The summed E-state index contributed by atoms with van der Waals surface area (Å²) in [6.07, 6.45) is 1.40. The van der Waals surface area contributed by atoms with Crippen molar-refractivity contribution in [3.63, 3.8) is 0 Å². The van der Waals surface area contributed by atoms with Crippen LogP contribution in [0.25, 0.3) is 0 Å². The molecule has 2 N–H and O–H groups in total. The highest BCUT2D eigenvalue weighted by Gasteiger charge is 2.15. The number of hydrogen-bond donors (Lipinski definition) is 2. The van der Waals surface area contributed by atoms with Crippen LogP contribution in [-0.2, 0) is 0 Å². The maximum Gasteiger partial charge on any atom is 0.337 e. The van der Waals surface area contributed by atoms with Crippen LogP contribution in [0.2, 0.25) is 10.0 Å². The average Bonchev–Trinajstić information content (AvgIpc) is 2.71. The molecule has 0 aliphatic rings. The summed E-state index contributed by atoms with van der Waals surface area (Å²) in [6, 6.07) is 16.1. The predicted octanol–water partition coefficient (Wildman–Crippen LogP) is 6.20. The third-order valence-electron chi connectivity index (χ3n) is 3.83. The van der Waals surface area contributed by atoms with Gasteiger partial charge in [-0.3, -0.25) is 15.5 Å². The normalized spacial score (nSPS) is 10.9. The van der Waals surface area contributed by atoms with Crippen LogP contribution < -0.4 is 5.43 Å². The van der Waals surface area contributed by atoms with E-state index in [1.165, 1.54) is 36.2 Å². The van der Waals surface area contributed by atoms with E-state index >= 15 is 0 Å². The van der Waals surface area contributed by atoms with Gasteiger partial charge in [0.25, 0.3) is 5.69 Å². The summed E-state index contributed by atoms with van der Waals surface area (Å²) in [5.74, 6) is -1.16. The molecule has 0 fully saturated rings. The Morgan fingerprint density at radius 2 is 1.83 bits per heavy atom. The highest BCUT2D eigenvalue weighted by atomic mass is 35.5. The molecule has 0 aliphatic carbocycles. The molecule has 152 valence electrons. The maximum atomic E-state index is 11.5. The fourth-order valence-electron chi connectivity index (χ4n) is 2.41. The van der Waals surface area contributed by atoms with Crippen LogP contribution >= 0.6 is 35.0 Å². The summed E-state index contributed by atoms with van der Waals surface area (Å²) in [4.78, 5) is 23.5. The SMILES string of the molecule is O=C(O)c1cc(N/N=C/c2ccc(Sc3ccc(Cl)cc3)c([N+](=O)[O-])c2)ccc1Cl. The second-order valence-electron chi connectivity index (χ2n) is 5.91. The Balaban J connectivity index is 1.77. The lowest BCUT2D eigenvalue weighted by Gasteiger charge is -2.05. The Labute approximate surface area is 185 Å². The number of anilines is 1. The molecule has 0 atom stereocenters. The van der Waals surface area contributed by atoms with Gasteiger partial charge in [-0.1, -0.05) is 41.0 Å². The Morgan fingerprint density at radius 1 is 1.10 bits per heavy atom. The quantitative estimate of drug-likeness (QED) is 0.246. The molecular weight excluding hydrogens is 449 g/mol. The lowest BCUT2D eigenvalue weighted by molar-refractivity contribution is -0.387. The predicted molar refractivity (Wildman–Crippen MR) is 118 cm³/mol. The van der Waals surface area contributed by atoms with Gasteiger partial charge in [0.2, 0.25) is 0 Å². The molecule has 0 radical (unpaired) electrons. The van der Waals surface area contributed by atoms with E-state index in [1.807, 2.05) is 0 Å². The number of carboxylic acid groups (broad SMARTS) is 1. The standard InChI is InChI=1S/C20H13Cl2N3O4S/c21-13-2-5-15(6-3-13)30-19-8-1-12(9-18(19)25(28)29)11-23-24-14-4-7-17(22)16(10-14)20(26)27/h1-11,24H,(H,26,27)/b23-11+. The van der Waals surface area contributed by atoms with Crippen molar-refractivity contribution >= 4 is 58.5 Å². The molecule has 0 aliphatic heterocycles. The summed E-state index contributed by atoms with van der Waals surface area (Å²) in [6.45, 7) is 0. The zero-order valence-corrected chi connectivity index (χ0v) is 17.4. The van der Waals surface area contributed by atoms with E-state index in [2.05, 4.69) is 10.5 Å². The molecule has 0 amide bonds. The summed E-state index contributed by atoms with van der Waals surface area (Å²) in [5, 5.41) is 25.3. The average molecular weight is 462 g/mol. The van der Waals surface area contributed by atoms with Gasteiger partial charge in [-0.2, -0.15) is 5.10 Å². The number of benzene rings is 3. The van der Waals surface area contributed by atoms with E-state index in [0.29, 0.717) is 21.2 Å². The van der Waals surface area contributed by atoms with Gasteiger partial charge in [-0.15, -0.1) is 0 Å². The molecule has 3 aromatic rings. The molecule has 7 nitrogen and oxygen atoms in total. The van der Waals surface area contributed by atoms with Gasteiger partial charge < -0.3 is 5.11 Å². The number of rotatable bonds is 7. The summed E-state index contributed by atoms with van der Waals surface area (Å²) < 4.78 is 0. The summed E-state index contributed by atoms with van der Waals surface area (Å²) in [5.41, 5.74) is 3.48. The van der Waals surface area contributed by atoms with Gasteiger partial charge in [0.05, 0.1) is 32.3 Å². The van der Waals surface area contributed by atoms with Crippen LogP contribution in [0, 0.1) is 10.1 Å². The molecule has 0 heterocycles. The minimum absolute atomic E-state index is 0.0569. The van der Waals surface area contributed by atoms with Gasteiger partial charge in [0.15, 0.2) is 0 Å². The first-order chi connectivity index (χ1) is 14.3. The second-order valence-corrected chi connectivity index (χ2v) is 7.87. The van der Waals surface area contributed by atoms with E-state index < -0.39 is 10.9 Å². The highest BCUT2D eigenvalue weighted by molar-refractivity contribution is 7.99. The molecule has 3 aromatic carbocycles. The molecule has 3 rings (SSSR count). The van der Waals surface area contributed by atoms with Crippen molar-refractivity contribution in [2.75, 3.05) is 5.43 Å². The Kier molecular flexibility index (Phi) is 6.94. The largest absolute Gasteiger partial charge is 0.478 e. The number of halogens is 2. The number of nitro groups is 1. The van der Waals surface area contributed by atoms with E-state index in [4.69, 9.17) is 28.3 Å². The smallest absolute Gasteiger partial charge is 0.337 e. The number of hydrogen-bond acceptors (Lipinski definition) is 6. The van der Waals surface area contributed by atoms with Crippen LogP contribution in [0.3, 0.4) is 0 Å². The molecule has 0 unspecified atom stereocenters. The van der Waals surface area contributed by atoms with Crippen LogP contribution in [-0.4, -0.2) is 22.2 Å². The van der Waals surface area contributed by atoms with Crippen molar-refractivity contribution in [2.45, 2.75) is 9.79 Å². The third kappa shape index (κ3) is 5.50. The first-order valence-electron chi connectivity index (χ1n) is 8.37. The number of hydrazone groups is 1. The monoisotopic (exact) mass is 461 g/mol. The van der Waals surface area contributed by atoms with Gasteiger partial charge in [-0.05, 0) is 48.5 Å². The summed E-state index contributed by atoms with van der Waals surface area (Å²) >= 11 is 13.0. The van der Waals surface area contributed by atoms with Crippen molar-refractivity contribution in [3.05, 3.63) is 92.0 Å². The fraction of sp³-hybridized carbons (Fsp3) is 0. The second kappa shape index (κ2) is 9.62. The molecule has 0 aromatic heterocycles. The lowest BCUT2D eigenvalue weighted by Crippen LogP contribution is -1.99. The highest BCUT2D eigenvalue weighted by Crippen LogP contribution is 2.35. The van der Waals surface area contributed by atoms with Gasteiger partial charge in [0.1, 0.15) is 0 Å². The minimum Gasteiger partial charge on any atom is -0.478 e. The fourth-order valence-corrected chi connectivity index (χ4v) is 3.64. The molecule has 30 heavy (non-hydrogen) atoms. The third-order valence-corrected chi connectivity index (χ3v) is 5.48. The Bertz CT molecular complexity index is 1140. The number of carboxylic acids is 1. The number of carbonyl (C=O) groups is 1. The van der Waals surface area contributed by atoms with Crippen molar-refractivity contribution in [3.8, 4) is 0 Å². The molecular formula is C20H13Cl2N3O4S. The first kappa shape index (κ1) is 21.6. The molecule has 0 spiro atoms. The van der Waals surface area contributed by atoms with Crippen LogP contribution in [0.15, 0.2) is 75.6 Å². The zero-order chi connectivity index (χ0) is 21.7. The molecule has 10 heteroatoms. The topological polar surface area (TPSA) is 105 Å². The van der Waals surface area contributed by atoms with Crippen molar-refractivity contribution in [2.24, 2.45) is 5.10 Å². The van der Waals surface area contributed by atoms with E-state index in [0.717, 1.165) is 4.90 Å². The Morgan fingerprint density at radius 3 is 2.50 bits per heavy atom. The summed E-state index contributed by atoms with van der Waals surface area (Å²) in [7, 11) is 0. The van der Waals surface area contributed by atoms with E-state index in [1.54, 1.807) is 42.5 Å². The number of nitrogens with one attached hydrogen (secondary N) is 1. The number of aromatic carboxylic acids is 1. The number of nitrogens with zero attached hydrogens (tertiary/aromatic N) is 2. The van der Waals surface area contributed by atoms with Gasteiger partial charge in [-0.25, -0.2) is 4.79 Å². The number of nitro benzene ring substituents is 1. The minimum atomic E-state index is -1.16.